The highest BCUT2D eigenvalue weighted by atomic mass is 35.5. The second-order valence-electron chi connectivity index (χ2n) is 2.75. The summed E-state index contributed by atoms with van der Waals surface area (Å²) in [6.07, 6.45) is 1.67. The van der Waals surface area contributed by atoms with Crippen LogP contribution < -0.4 is 5.32 Å². The molecule has 1 aromatic rings. The topological polar surface area (TPSA) is 42.0 Å². The molecule has 4 heteroatoms. The molecule has 3 nitrogen and oxygen atoms in total. The number of nitrogens with zero attached hydrogens (tertiary/aromatic N) is 1. The molecule has 0 unspecified atom stereocenters. The molecule has 66 valence electrons. The summed E-state index contributed by atoms with van der Waals surface area (Å²) in [4.78, 5) is 15.2. The molecule has 0 saturated heterocycles. The van der Waals surface area contributed by atoms with E-state index in [1.165, 1.54) is 0 Å². The van der Waals surface area contributed by atoms with Crippen molar-refractivity contribution in [1.29, 1.82) is 0 Å². The predicted molar refractivity (Wildman–Crippen MR) is 50.5 cm³/mol. The lowest BCUT2D eigenvalue weighted by molar-refractivity contribution is 0.0961. The Hall–Kier alpha value is -1.35. The highest BCUT2D eigenvalue weighted by molar-refractivity contribution is 6.29. The molecule has 0 aliphatic carbocycles. The number of hydrogen-bond donors (Lipinski definition) is 1. The quantitative estimate of drug-likeness (QED) is 0.691. The van der Waals surface area contributed by atoms with Crippen molar-refractivity contribution >= 4 is 23.6 Å². The van der Waals surface area contributed by atoms with Gasteiger partial charge in [0.15, 0.2) is 0 Å². The van der Waals surface area contributed by atoms with Crippen LogP contribution in [-0.2, 0) is 6.54 Å². The summed E-state index contributed by atoms with van der Waals surface area (Å²) in [5, 5.41) is 3.00. The van der Waals surface area contributed by atoms with Crippen LogP contribution >= 0.6 is 11.6 Å². The SMILES string of the molecule is C=Cc1cc(Cl)nc2c1CNC2=O. The Bertz CT molecular complexity index is 401. The van der Waals surface area contributed by atoms with Gasteiger partial charge in [-0.05, 0) is 11.6 Å². The molecule has 13 heavy (non-hydrogen) atoms. The van der Waals surface area contributed by atoms with Gasteiger partial charge in [-0.15, -0.1) is 0 Å². The second-order valence-corrected chi connectivity index (χ2v) is 3.14. The van der Waals surface area contributed by atoms with Gasteiger partial charge in [0.05, 0.1) is 0 Å². The van der Waals surface area contributed by atoms with Crippen LogP contribution in [0.15, 0.2) is 12.6 Å². The van der Waals surface area contributed by atoms with Crippen LogP contribution in [0.3, 0.4) is 0 Å². The van der Waals surface area contributed by atoms with Crippen molar-refractivity contribution in [2.75, 3.05) is 0 Å². The average Bonchev–Trinajstić information content (AvgIpc) is 2.47. The zero-order valence-corrected chi connectivity index (χ0v) is 7.56. The molecule has 1 N–H and O–H groups in total. The molecule has 1 aliphatic rings. The molecular weight excluding hydrogens is 188 g/mol. The van der Waals surface area contributed by atoms with E-state index >= 15 is 0 Å². The summed E-state index contributed by atoms with van der Waals surface area (Å²) in [6, 6.07) is 1.70. The van der Waals surface area contributed by atoms with E-state index in [1.54, 1.807) is 12.1 Å². The number of rotatable bonds is 1. The van der Waals surface area contributed by atoms with E-state index < -0.39 is 0 Å². The maximum Gasteiger partial charge on any atom is 0.270 e. The smallest absolute Gasteiger partial charge is 0.270 e. The van der Waals surface area contributed by atoms with Gasteiger partial charge in [-0.25, -0.2) is 4.98 Å². The number of aromatic nitrogens is 1. The van der Waals surface area contributed by atoms with Gasteiger partial charge in [0.2, 0.25) is 0 Å². The van der Waals surface area contributed by atoms with Crippen LogP contribution in [0.2, 0.25) is 5.15 Å². The maximum atomic E-state index is 11.2. The molecule has 1 aliphatic heterocycles. The first-order chi connectivity index (χ1) is 6.22. The lowest BCUT2D eigenvalue weighted by Crippen LogP contribution is -2.13. The molecule has 0 bridgehead atoms. The summed E-state index contributed by atoms with van der Waals surface area (Å²) in [6.45, 7) is 4.16. The third-order valence-electron chi connectivity index (χ3n) is 1.99. The van der Waals surface area contributed by atoms with Crippen molar-refractivity contribution in [3.05, 3.63) is 34.6 Å². The summed E-state index contributed by atoms with van der Waals surface area (Å²) in [5.74, 6) is -0.166. The Morgan fingerprint density at radius 1 is 1.69 bits per heavy atom. The molecular formula is C9H7ClN2O. The van der Waals surface area contributed by atoms with Gasteiger partial charge in [0.1, 0.15) is 10.8 Å². The zero-order chi connectivity index (χ0) is 9.42. The summed E-state index contributed by atoms with van der Waals surface area (Å²) in [5.41, 5.74) is 2.17. The van der Waals surface area contributed by atoms with Crippen molar-refractivity contribution in [2.45, 2.75) is 6.54 Å². The maximum absolute atomic E-state index is 11.2. The van der Waals surface area contributed by atoms with Crippen LogP contribution in [0.1, 0.15) is 21.6 Å². The fraction of sp³-hybridized carbons (Fsp3) is 0.111. The monoisotopic (exact) mass is 194 g/mol. The van der Waals surface area contributed by atoms with Crippen molar-refractivity contribution in [3.63, 3.8) is 0 Å². The summed E-state index contributed by atoms with van der Waals surface area (Å²) >= 11 is 5.73. The molecule has 0 fully saturated rings. The van der Waals surface area contributed by atoms with Crippen LogP contribution in [0.25, 0.3) is 6.08 Å². The van der Waals surface area contributed by atoms with Crippen LogP contribution in [0.4, 0.5) is 0 Å². The Balaban J connectivity index is 2.69. The Labute approximate surface area is 80.4 Å². The number of amides is 1. The van der Waals surface area contributed by atoms with E-state index in [0.717, 1.165) is 11.1 Å². The van der Waals surface area contributed by atoms with Crippen LogP contribution in [0, 0.1) is 0 Å². The third-order valence-corrected chi connectivity index (χ3v) is 2.18. The number of fused-ring (bicyclic) bond motifs is 1. The van der Waals surface area contributed by atoms with Crippen molar-refractivity contribution in [1.82, 2.24) is 10.3 Å². The molecule has 1 aromatic heterocycles. The van der Waals surface area contributed by atoms with Gasteiger partial charge in [-0.2, -0.15) is 0 Å². The van der Waals surface area contributed by atoms with E-state index in [4.69, 9.17) is 11.6 Å². The van der Waals surface area contributed by atoms with Gasteiger partial charge < -0.3 is 5.32 Å². The molecule has 2 rings (SSSR count). The number of carbonyl (C=O) groups excluding carboxylic acids is 1. The van der Waals surface area contributed by atoms with Gasteiger partial charge >= 0.3 is 0 Å². The van der Waals surface area contributed by atoms with Crippen LogP contribution in [-0.4, -0.2) is 10.9 Å². The number of nitrogens with one attached hydrogen (secondary N) is 1. The highest BCUT2D eigenvalue weighted by Crippen LogP contribution is 2.22. The molecule has 0 radical (unpaired) electrons. The number of hydrogen-bond acceptors (Lipinski definition) is 2. The minimum atomic E-state index is -0.166. The van der Waals surface area contributed by atoms with Gasteiger partial charge in [0.25, 0.3) is 5.91 Å². The van der Waals surface area contributed by atoms with Gasteiger partial charge in [0, 0.05) is 12.1 Å². The van der Waals surface area contributed by atoms with Crippen LogP contribution in [0.5, 0.6) is 0 Å². The van der Waals surface area contributed by atoms with Gasteiger partial charge in [-0.1, -0.05) is 24.3 Å². The molecule has 0 saturated carbocycles. The normalized spacial score (nSPS) is 13.8. The number of carbonyl (C=O) groups is 1. The molecule has 2 heterocycles. The fourth-order valence-electron chi connectivity index (χ4n) is 1.37. The predicted octanol–water partition coefficient (Wildman–Crippen LogP) is 1.62. The van der Waals surface area contributed by atoms with E-state index in [1.807, 2.05) is 0 Å². The number of halogens is 1. The Morgan fingerprint density at radius 3 is 3.15 bits per heavy atom. The Kier molecular flexibility index (Phi) is 1.81. The highest BCUT2D eigenvalue weighted by Gasteiger charge is 2.22. The standard InChI is InChI=1S/C9H7ClN2O/c1-2-5-3-7(10)12-8-6(5)4-11-9(8)13/h2-3H,1,4H2,(H,11,13). The first kappa shape index (κ1) is 8.26. The first-order valence-electron chi connectivity index (χ1n) is 3.82. The summed E-state index contributed by atoms with van der Waals surface area (Å²) < 4.78 is 0. The van der Waals surface area contributed by atoms with E-state index in [0.29, 0.717) is 17.4 Å². The average molecular weight is 195 g/mol. The lowest BCUT2D eigenvalue weighted by Gasteiger charge is -2.00. The minimum absolute atomic E-state index is 0.166. The minimum Gasteiger partial charge on any atom is -0.347 e. The van der Waals surface area contributed by atoms with Crippen molar-refractivity contribution in [2.24, 2.45) is 0 Å². The number of pyridine rings is 1. The second kappa shape index (κ2) is 2.85. The Morgan fingerprint density at radius 2 is 2.46 bits per heavy atom. The fourth-order valence-corrected chi connectivity index (χ4v) is 1.57. The molecule has 0 spiro atoms. The van der Waals surface area contributed by atoms with Gasteiger partial charge in [-0.3, -0.25) is 4.79 Å². The van der Waals surface area contributed by atoms with E-state index in [9.17, 15) is 4.79 Å². The molecule has 0 atom stereocenters. The van der Waals surface area contributed by atoms with E-state index in [2.05, 4.69) is 16.9 Å². The molecule has 0 aromatic carbocycles. The molecule has 1 amide bonds. The lowest BCUT2D eigenvalue weighted by atomic mass is 10.1. The van der Waals surface area contributed by atoms with E-state index in [-0.39, 0.29) is 5.91 Å². The van der Waals surface area contributed by atoms with Crippen molar-refractivity contribution in [3.8, 4) is 0 Å². The first-order valence-corrected chi connectivity index (χ1v) is 4.20. The van der Waals surface area contributed by atoms with Crippen molar-refractivity contribution < 1.29 is 4.79 Å². The largest absolute Gasteiger partial charge is 0.347 e. The zero-order valence-electron chi connectivity index (χ0n) is 6.80. The summed E-state index contributed by atoms with van der Waals surface area (Å²) in [7, 11) is 0. The third kappa shape index (κ3) is 1.21.